The number of nitrogens with one attached hydrogen (secondary N) is 1. The molecule has 1 aliphatic heterocycles. The van der Waals surface area contributed by atoms with Crippen molar-refractivity contribution >= 4 is 27.2 Å². The number of hydrogen-bond acceptors (Lipinski definition) is 6. The van der Waals surface area contributed by atoms with E-state index in [0.717, 1.165) is 17.7 Å². The first-order valence-corrected chi connectivity index (χ1v) is 10.4. The minimum atomic E-state index is -3.05. The Morgan fingerprint density at radius 1 is 1.31 bits per heavy atom. The molecule has 26 heavy (non-hydrogen) atoms. The lowest BCUT2D eigenvalue weighted by atomic mass is 10.1. The molecule has 0 radical (unpaired) electrons. The zero-order valence-corrected chi connectivity index (χ0v) is 15.7. The third-order valence-corrected chi connectivity index (χ3v) is 6.37. The largest absolute Gasteiger partial charge is 0.340 e. The van der Waals surface area contributed by atoms with E-state index in [0.29, 0.717) is 12.2 Å². The molecule has 1 aromatic carbocycles. The highest BCUT2D eigenvalue weighted by Crippen LogP contribution is 2.21. The van der Waals surface area contributed by atoms with Gasteiger partial charge in [-0.25, -0.2) is 18.4 Å². The summed E-state index contributed by atoms with van der Waals surface area (Å²) in [7, 11) is -1.43. The van der Waals surface area contributed by atoms with Crippen molar-refractivity contribution in [2.45, 2.75) is 25.8 Å². The molecule has 1 unspecified atom stereocenters. The van der Waals surface area contributed by atoms with Gasteiger partial charge in [-0.2, -0.15) is 0 Å². The topological polar surface area (TPSA) is 92.3 Å². The van der Waals surface area contributed by atoms with E-state index in [4.69, 9.17) is 0 Å². The highest BCUT2D eigenvalue weighted by atomic mass is 32.2. The molecule has 0 aliphatic carbocycles. The molecule has 8 heteroatoms. The normalized spacial score (nSPS) is 18.5. The van der Waals surface area contributed by atoms with E-state index in [1.807, 2.05) is 24.3 Å². The van der Waals surface area contributed by atoms with Crippen LogP contribution in [0.5, 0.6) is 0 Å². The quantitative estimate of drug-likeness (QED) is 0.861. The molecule has 1 fully saturated rings. The van der Waals surface area contributed by atoms with Crippen LogP contribution in [0.2, 0.25) is 0 Å². The van der Waals surface area contributed by atoms with Gasteiger partial charge in [-0.15, -0.1) is 0 Å². The second kappa shape index (κ2) is 7.41. The monoisotopic (exact) mass is 374 g/mol. The summed E-state index contributed by atoms with van der Waals surface area (Å²) in [5.74, 6) is 0.354. The van der Waals surface area contributed by atoms with Crippen LogP contribution in [0.25, 0.3) is 0 Å². The van der Waals surface area contributed by atoms with Gasteiger partial charge < -0.3 is 10.2 Å². The first-order valence-electron chi connectivity index (χ1n) is 8.54. The van der Waals surface area contributed by atoms with Crippen molar-refractivity contribution in [1.29, 1.82) is 0 Å². The van der Waals surface area contributed by atoms with Gasteiger partial charge in [-0.1, -0.05) is 25.1 Å². The molecule has 1 atom stereocenters. The van der Waals surface area contributed by atoms with E-state index < -0.39 is 9.84 Å². The van der Waals surface area contributed by atoms with Gasteiger partial charge in [0.1, 0.15) is 17.8 Å². The smallest absolute Gasteiger partial charge is 0.272 e. The Labute approximate surface area is 153 Å². The fourth-order valence-electron chi connectivity index (χ4n) is 3.06. The Hall–Kier alpha value is -2.48. The Bertz CT molecular complexity index is 914. The van der Waals surface area contributed by atoms with Crippen molar-refractivity contribution in [3.63, 3.8) is 0 Å². The van der Waals surface area contributed by atoms with Crippen LogP contribution in [-0.4, -0.2) is 53.8 Å². The molecule has 0 bridgehead atoms. The molecule has 7 nitrogen and oxygen atoms in total. The summed E-state index contributed by atoms with van der Waals surface area (Å²) in [5.41, 5.74) is 2.32. The number of carbonyl (C=O) groups excluding carboxylic acids is 1. The van der Waals surface area contributed by atoms with E-state index in [1.165, 1.54) is 11.2 Å². The number of rotatable bonds is 5. The number of anilines is 2. The SMILES string of the molecule is CCc1ccccc1Nc1cc(C(=O)N(C)C2CCS(=O)(=O)C2)ncn1. The maximum Gasteiger partial charge on any atom is 0.272 e. The lowest BCUT2D eigenvalue weighted by Crippen LogP contribution is -2.38. The first-order chi connectivity index (χ1) is 12.4. The lowest BCUT2D eigenvalue weighted by molar-refractivity contribution is 0.0741. The van der Waals surface area contributed by atoms with E-state index >= 15 is 0 Å². The Balaban J connectivity index is 1.77. The van der Waals surface area contributed by atoms with Crippen LogP contribution in [0.3, 0.4) is 0 Å². The molecule has 1 aliphatic rings. The fourth-order valence-corrected chi connectivity index (χ4v) is 4.83. The third kappa shape index (κ3) is 4.01. The summed E-state index contributed by atoms with van der Waals surface area (Å²) in [5, 5.41) is 3.22. The van der Waals surface area contributed by atoms with Gasteiger partial charge in [0, 0.05) is 24.8 Å². The molecule has 2 heterocycles. The van der Waals surface area contributed by atoms with Gasteiger partial charge >= 0.3 is 0 Å². The maximum atomic E-state index is 12.7. The molecule has 0 saturated carbocycles. The second-order valence-corrected chi connectivity index (χ2v) is 8.63. The summed E-state index contributed by atoms with van der Waals surface area (Å²) in [4.78, 5) is 22.4. The van der Waals surface area contributed by atoms with Gasteiger partial charge in [0.15, 0.2) is 9.84 Å². The van der Waals surface area contributed by atoms with E-state index in [1.54, 1.807) is 13.1 Å². The number of aromatic nitrogens is 2. The van der Waals surface area contributed by atoms with Gasteiger partial charge in [-0.05, 0) is 24.5 Å². The number of hydrogen-bond donors (Lipinski definition) is 1. The van der Waals surface area contributed by atoms with Crippen LogP contribution in [0.4, 0.5) is 11.5 Å². The zero-order chi connectivity index (χ0) is 18.7. The summed E-state index contributed by atoms with van der Waals surface area (Å²) in [6, 6.07) is 9.18. The molecule has 2 aromatic rings. The van der Waals surface area contributed by atoms with Crippen molar-refractivity contribution in [1.82, 2.24) is 14.9 Å². The number of benzene rings is 1. The molecule has 3 rings (SSSR count). The summed E-state index contributed by atoms with van der Waals surface area (Å²) < 4.78 is 23.3. The Morgan fingerprint density at radius 3 is 2.77 bits per heavy atom. The minimum Gasteiger partial charge on any atom is -0.340 e. The number of carbonyl (C=O) groups is 1. The third-order valence-electron chi connectivity index (χ3n) is 4.62. The summed E-state index contributed by atoms with van der Waals surface area (Å²) >= 11 is 0. The fraction of sp³-hybridized carbons (Fsp3) is 0.389. The maximum absolute atomic E-state index is 12.7. The average Bonchev–Trinajstić information content (AvgIpc) is 3.01. The molecule has 1 aromatic heterocycles. The van der Waals surface area contributed by atoms with Crippen LogP contribution in [-0.2, 0) is 16.3 Å². The van der Waals surface area contributed by atoms with Gasteiger partial charge in [0.2, 0.25) is 0 Å². The molecule has 1 saturated heterocycles. The van der Waals surface area contributed by atoms with Gasteiger partial charge in [0.05, 0.1) is 11.5 Å². The number of amides is 1. The summed E-state index contributed by atoms with van der Waals surface area (Å²) in [6.45, 7) is 2.07. The van der Waals surface area contributed by atoms with Crippen molar-refractivity contribution in [3.8, 4) is 0 Å². The van der Waals surface area contributed by atoms with E-state index in [-0.39, 0.29) is 29.1 Å². The van der Waals surface area contributed by atoms with Crippen molar-refractivity contribution in [2.24, 2.45) is 0 Å². The molecule has 1 N–H and O–H groups in total. The van der Waals surface area contributed by atoms with Crippen molar-refractivity contribution in [3.05, 3.63) is 47.9 Å². The molecular formula is C18H22N4O3S. The Kier molecular flexibility index (Phi) is 5.22. The van der Waals surface area contributed by atoms with Gasteiger partial charge in [-0.3, -0.25) is 4.79 Å². The minimum absolute atomic E-state index is 0.00923. The molecular weight excluding hydrogens is 352 g/mol. The number of nitrogens with zero attached hydrogens (tertiary/aromatic N) is 3. The molecule has 1 amide bonds. The van der Waals surface area contributed by atoms with Crippen LogP contribution in [0.15, 0.2) is 36.7 Å². The Morgan fingerprint density at radius 2 is 2.08 bits per heavy atom. The van der Waals surface area contributed by atoms with Crippen molar-refractivity contribution in [2.75, 3.05) is 23.9 Å². The van der Waals surface area contributed by atoms with Crippen LogP contribution in [0.1, 0.15) is 29.4 Å². The predicted octanol–water partition coefficient (Wildman–Crippen LogP) is 2.04. The van der Waals surface area contributed by atoms with Gasteiger partial charge in [0.25, 0.3) is 5.91 Å². The highest BCUT2D eigenvalue weighted by Gasteiger charge is 2.33. The predicted molar refractivity (Wildman–Crippen MR) is 100 cm³/mol. The highest BCUT2D eigenvalue weighted by molar-refractivity contribution is 7.91. The van der Waals surface area contributed by atoms with E-state index in [2.05, 4.69) is 22.2 Å². The lowest BCUT2D eigenvalue weighted by Gasteiger charge is -2.23. The molecule has 0 spiro atoms. The van der Waals surface area contributed by atoms with Crippen LogP contribution < -0.4 is 5.32 Å². The second-order valence-electron chi connectivity index (χ2n) is 6.40. The number of aryl methyl sites for hydroxylation is 1. The standard InChI is InChI=1S/C18H22N4O3S/c1-3-13-6-4-5-7-15(13)21-17-10-16(19-12-20-17)18(23)22(2)14-8-9-26(24,25)11-14/h4-7,10,12,14H,3,8-9,11H2,1-2H3,(H,19,20,21). The number of sulfone groups is 1. The molecule has 138 valence electrons. The average molecular weight is 374 g/mol. The van der Waals surface area contributed by atoms with Crippen molar-refractivity contribution < 1.29 is 13.2 Å². The van der Waals surface area contributed by atoms with Crippen LogP contribution >= 0.6 is 0 Å². The summed E-state index contributed by atoms with van der Waals surface area (Å²) in [6.07, 6.45) is 2.67. The zero-order valence-electron chi connectivity index (χ0n) is 14.8. The number of para-hydroxylation sites is 1. The van der Waals surface area contributed by atoms with E-state index in [9.17, 15) is 13.2 Å². The van der Waals surface area contributed by atoms with Crippen LogP contribution in [0, 0.1) is 0 Å². The first kappa shape index (κ1) is 18.3.